The Morgan fingerprint density at radius 2 is 1.87 bits per heavy atom. The number of fused-ring (bicyclic) bond motifs is 1. The highest BCUT2D eigenvalue weighted by Crippen LogP contribution is 2.34. The molecule has 0 aliphatic rings. The number of hydrogen-bond donors (Lipinski definition) is 2. The zero-order valence-electron chi connectivity index (χ0n) is 16.6. The van der Waals surface area contributed by atoms with E-state index in [1.807, 2.05) is 66.9 Å². The lowest BCUT2D eigenvalue weighted by molar-refractivity contribution is 1.02. The zero-order chi connectivity index (χ0) is 21.4. The minimum atomic E-state index is -0.193. The van der Waals surface area contributed by atoms with Crippen LogP contribution in [0.5, 0.6) is 0 Å². The molecule has 0 radical (unpaired) electrons. The molecule has 2 N–H and O–H groups in total. The molecule has 7 heteroatoms. The van der Waals surface area contributed by atoms with Gasteiger partial charge >= 0.3 is 0 Å². The van der Waals surface area contributed by atoms with Crippen molar-refractivity contribution < 1.29 is 0 Å². The quantitative estimate of drug-likeness (QED) is 0.375. The Balaban J connectivity index is 1.62. The summed E-state index contributed by atoms with van der Waals surface area (Å²) in [7, 11) is 0. The van der Waals surface area contributed by atoms with Crippen molar-refractivity contribution in [3.05, 3.63) is 98.7 Å². The second kappa shape index (κ2) is 7.67. The molecule has 5 aromatic rings. The minimum absolute atomic E-state index is 0.193. The van der Waals surface area contributed by atoms with Gasteiger partial charge in [-0.25, -0.2) is 14.8 Å². The summed E-state index contributed by atoms with van der Waals surface area (Å²) < 4.78 is 0. The summed E-state index contributed by atoms with van der Waals surface area (Å²) in [6, 6.07) is 17.4. The maximum atomic E-state index is 12.3. The molecule has 0 bridgehead atoms. The number of aromatic nitrogens is 4. The van der Waals surface area contributed by atoms with Gasteiger partial charge in [-0.05, 0) is 24.6 Å². The molecule has 0 unspecified atom stereocenters. The number of aryl methyl sites for hydroxylation is 1. The molecule has 150 valence electrons. The number of nitrogens with one attached hydrogen (secondary N) is 2. The number of rotatable bonds is 4. The molecular weight excluding hydrogens is 406 g/mol. The molecule has 0 fully saturated rings. The molecule has 31 heavy (non-hydrogen) atoms. The van der Waals surface area contributed by atoms with Crippen LogP contribution >= 0.6 is 11.3 Å². The third-order valence-electron chi connectivity index (χ3n) is 5.20. The van der Waals surface area contributed by atoms with Gasteiger partial charge in [-0.2, -0.15) is 0 Å². The smallest absolute Gasteiger partial charge is 0.273 e. The molecule has 2 aromatic carbocycles. The second-order valence-electron chi connectivity index (χ2n) is 7.21. The largest absolute Gasteiger partial charge is 0.302 e. The summed E-state index contributed by atoms with van der Waals surface area (Å²) in [6.45, 7) is 9.22. The number of hydrogen-bond acceptors (Lipinski definition) is 4. The van der Waals surface area contributed by atoms with Gasteiger partial charge in [-0.1, -0.05) is 42.5 Å². The molecular formula is C24H17N5OS. The van der Waals surface area contributed by atoms with Crippen LogP contribution in [0, 0.1) is 13.5 Å². The normalized spacial score (nSPS) is 11.0. The Labute approximate surface area is 182 Å². The van der Waals surface area contributed by atoms with Crippen molar-refractivity contribution in [2.75, 3.05) is 0 Å². The van der Waals surface area contributed by atoms with E-state index in [0.29, 0.717) is 23.4 Å². The fourth-order valence-corrected chi connectivity index (χ4v) is 4.56. The third kappa shape index (κ3) is 3.43. The number of thiazole rings is 1. The molecule has 3 heterocycles. The maximum absolute atomic E-state index is 12.3. The van der Waals surface area contributed by atoms with Crippen LogP contribution in [-0.2, 0) is 6.42 Å². The number of aromatic amines is 2. The van der Waals surface area contributed by atoms with Crippen molar-refractivity contribution >= 4 is 27.9 Å². The van der Waals surface area contributed by atoms with E-state index in [-0.39, 0.29) is 5.56 Å². The van der Waals surface area contributed by atoms with E-state index in [4.69, 9.17) is 16.5 Å². The van der Waals surface area contributed by atoms with E-state index < -0.39 is 0 Å². The molecule has 0 saturated carbocycles. The van der Waals surface area contributed by atoms with Crippen LogP contribution < -0.4 is 5.56 Å². The van der Waals surface area contributed by atoms with Gasteiger partial charge in [0.15, 0.2) is 5.69 Å². The van der Waals surface area contributed by atoms with Crippen LogP contribution in [0.25, 0.3) is 37.6 Å². The Bertz CT molecular complexity index is 1520. The number of para-hydroxylation sites is 2. The molecule has 0 aliphatic carbocycles. The van der Waals surface area contributed by atoms with E-state index in [9.17, 15) is 4.79 Å². The Kier molecular flexibility index (Phi) is 4.69. The Morgan fingerprint density at radius 3 is 2.68 bits per heavy atom. The number of H-pyrrole nitrogens is 2. The third-order valence-corrected chi connectivity index (χ3v) is 6.13. The standard InChI is InChI=1S/C24H17N5OS/c1-14-22(23(30)29-28-14)21-12-18(17-8-4-6-10-20(17)27-21)24-26-16(13-31-24)11-15-7-3-5-9-19(15)25-2/h3-10,12-13H,11H2,1H3,(H2,28,29,30). The van der Waals surface area contributed by atoms with Crippen molar-refractivity contribution in [2.24, 2.45) is 0 Å². The first kappa shape index (κ1) is 19.0. The lowest BCUT2D eigenvalue weighted by Crippen LogP contribution is -2.03. The van der Waals surface area contributed by atoms with E-state index in [2.05, 4.69) is 15.0 Å². The fraction of sp³-hybridized carbons (Fsp3) is 0.0833. The predicted octanol–water partition coefficient (Wildman–Crippen LogP) is 5.49. The first-order valence-electron chi connectivity index (χ1n) is 9.71. The van der Waals surface area contributed by atoms with Gasteiger partial charge in [-0.3, -0.25) is 9.89 Å². The molecule has 0 saturated heterocycles. The monoisotopic (exact) mass is 423 g/mol. The highest BCUT2D eigenvalue weighted by molar-refractivity contribution is 7.13. The average Bonchev–Trinajstić information content (AvgIpc) is 3.39. The van der Waals surface area contributed by atoms with Crippen LogP contribution in [0.2, 0.25) is 0 Å². The second-order valence-corrected chi connectivity index (χ2v) is 8.07. The molecule has 0 atom stereocenters. The van der Waals surface area contributed by atoms with Gasteiger partial charge in [0.25, 0.3) is 5.56 Å². The van der Waals surface area contributed by atoms with E-state index >= 15 is 0 Å². The van der Waals surface area contributed by atoms with E-state index in [0.717, 1.165) is 38.4 Å². The van der Waals surface area contributed by atoms with Crippen molar-refractivity contribution in [3.63, 3.8) is 0 Å². The van der Waals surface area contributed by atoms with Crippen molar-refractivity contribution in [2.45, 2.75) is 13.3 Å². The summed E-state index contributed by atoms with van der Waals surface area (Å²) in [5, 5.41) is 9.37. The van der Waals surface area contributed by atoms with Crippen LogP contribution in [0.3, 0.4) is 0 Å². The van der Waals surface area contributed by atoms with Gasteiger partial charge in [-0.15, -0.1) is 11.3 Å². The Hall–Kier alpha value is -4.02. The van der Waals surface area contributed by atoms with Crippen LogP contribution in [0.1, 0.15) is 17.0 Å². The van der Waals surface area contributed by atoms with Gasteiger partial charge in [0.2, 0.25) is 0 Å². The van der Waals surface area contributed by atoms with Crippen LogP contribution in [0.4, 0.5) is 5.69 Å². The first-order valence-corrected chi connectivity index (χ1v) is 10.6. The van der Waals surface area contributed by atoms with Crippen molar-refractivity contribution in [3.8, 4) is 21.8 Å². The lowest BCUT2D eigenvalue weighted by atomic mass is 10.0. The van der Waals surface area contributed by atoms with Gasteiger partial charge in [0, 0.05) is 28.4 Å². The summed E-state index contributed by atoms with van der Waals surface area (Å²) >= 11 is 1.55. The minimum Gasteiger partial charge on any atom is -0.302 e. The molecule has 0 aliphatic heterocycles. The molecule has 0 spiro atoms. The van der Waals surface area contributed by atoms with E-state index in [1.165, 1.54) is 0 Å². The predicted molar refractivity (Wildman–Crippen MR) is 124 cm³/mol. The summed E-state index contributed by atoms with van der Waals surface area (Å²) in [5.41, 5.74) is 5.98. The zero-order valence-corrected chi connectivity index (χ0v) is 17.5. The average molecular weight is 424 g/mol. The fourth-order valence-electron chi connectivity index (χ4n) is 3.71. The number of nitrogens with zero attached hydrogens (tertiary/aromatic N) is 3. The van der Waals surface area contributed by atoms with Crippen LogP contribution in [0.15, 0.2) is 64.8 Å². The van der Waals surface area contributed by atoms with Gasteiger partial charge < -0.3 is 5.10 Å². The van der Waals surface area contributed by atoms with Crippen molar-refractivity contribution in [1.29, 1.82) is 0 Å². The highest BCUT2D eigenvalue weighted by Gasteiger charge is 2.17. The molecule has 3 aromatic heterocycles. The van der Waals surface area contributed by atoms with Gasteiger partial charge in [0.05, 0.1) is 29.0 Å². The molecule has 5 rings (SSSR count). The summed E-state index contributed by atoms with van der Waals surface area (Å²) in [4.78, 5) is 25.5. The summed E-state index contributed by atoms with van der Waals surface area (Å²) in [5.74, 6) is 0. The first-order chi connectivity index (χ1) is 15.1. The van der Waals surface area contributed by atoms with Crippen molar-refractivity contribution in [1.82, 2.24) is 20.2 Å². The molecule has 6 nitrogen and oxygen atoms in total. The Morgan fingerprint density at radius 1 is 1.06 bits per heavy atom. The lowest BCUT2D eigenvalue weighted by Gasteiger charge is -2.07. The highest BCUT2D eigenvalue weighted by atomic mass is 32.1. The van der Waals surface area contributed by atoms with E-state index in [1.54, 1.807) is 11.3 Å². The topological polar surface area (TPSA) is 78.8 Å². The molecule has 0 amide bonds. The van der Waals surface area contributed by atoms with Gasteiger partial charge in [0.1, 0.15) is 5.01 Å². The summed E-state index contributed by atoms with van der Waals surface area (Å²) in [6.07, 6.45) is 0.599. The SMILES string of the molecule is [C-]#[N+]c1ccccc1Cc1csc(-c2cc(-c3c(C)[nH][nH]c3=O)nc3ccccc23)n1. The van der Waals surface area contributed by atoms with Crippen LogP contribution in [-0.4, -0.2) is 20.2 Å². The number of pyridine rings is 1. The number of benzene rings is 2. The maximum Gasteiger partial charge on any atom is 0.273 e.